The largest absolute Gasteiger partial charge is 0.322 e. The molecule has 72 valence electrons. The first kappa shape index (κ1) is 9.90. The van der Waals surface area contributed by atoms with Crippen LogP contribution in [0.3, 0.4) is 0 Å². The second kappa shape index (κ2) is 4.17. The molecule has 1 aromatic heterocycles. The Kier molecular flexibility index (Phi) is 3.18. The quantitative estimate of drug-likeness (QED) is 0.701. The summed E-state index contributed by atoms with van der Waals surface area (Å²) in [5.41, 5.74) is 7.03. The molecule has 0 unspecified atom stereocenters. The fourth-order valence-corrected chi connectivity index (χ4v) is 1.23. The molecule has 0 saturated carbocycles. The van der Waals surface area contributed by atoms with Crippen molar-refractivity contribution in [3.63, 3.8) is 0 Å². The molecule has 2 heteroatoms. The molecule has 13 heavy (non-hydrogen) atoms. The smallest absolute Gasteiger partial charge is 0.0521 e. The van der Waals surface area contributed by atoms with Gasteiger partial charge >= 0.3 is 0 Å². The maximum atomic E-state index is 3.96. The number of nitrogens with one attached hydrogen (secondary N) is 1. The Bertz CT molecular complexity index is 278. The maximum Gasteiger partial charge on any atom is 0.0521 e. The molecule has 0 amide bonds. The molecule has 0 aromatic carbocycles. The van der Waals surface area contributed by atoms with E-state index in [0.717, 1.165) is 13.0 Å². The summed E-state index contributed by atoms with van der Waals surface area (Å²) >= 11 is 0. The van der Waals surface area contributed by atoms with Gasteiger partial charge < -0.3 is 5.43 Å². The lowest BCUT2D eigenvalue weighted by Crippen LogP contribution is -2.19. The lowest BCUT2D eigenvalue weighted by atomic mass is 10.2. The lowest BCUT2D eigenvalue weighted by Gasteiger charge is -2.13. The molecule has 0 bridgehead atoms. The highest BCUT2D eigenvalue weighted by molar-refractivity contribution is 5.16. The molecule has 0 atom stereocenters. The van der Waals surface area contributed by atoms with Crippen LogP contribution < -0.4 is 5.43 Å². The van der Waals surface area contributed by atoms with Crippen LogP contribution in [0.15, 0.2) is 24.3 Å². The summed E-state index contributed by atoms with van der Waals surface area (Å²) in [6.07, 6.45) is 1.03. The van der Waals surface area contributed by atoms with E-state index >= 15 is 0 Å². The molecule has 1 aromatic rings. The average Bonchev–Trinajstić information content (AvgIpc) is 2.43. The second-order valence-corrected chi connectivity index (χ2v) is 3.39. The molecule has 0 radical (unpaired) electrons. The summed E-state index contributed by atoms with van der Waals surface area (Å²) < 4.78 is 2.10. The van der Waals surface area contributed by atoms with Gasteiger partial charge in [0, 0.05) is 11.4 Å². The number of hydrogen-bond acceptors (Lipinski definition) is 1. The highest BCUT2D eigenvalue weighted by Gasteiger charge is 1.99. The van der Waals surface area contributed by atoms with Gasteiger partial charge in [-0.1, -0.05) is 19.1 Å². The standard InChI is InChI=1S/C11H18N2/c1-5-9(2)8-12-13-10(3)6-7-11(13)4/h6-7,12H,2,5,8H2,1,3-4H3. The van der Waals surface area contributed by atoms with Gasteiger partial charge in [0.2, 0.25) is 0 Å². The normalized spacial score (nSPS) is 10.1. The topological polar surface area (TPSA) is 17.0 Å². The van der Waals surface area contributed by atoms with E-state index in [9.17, 15) is 0 Å². The minimum absolute atomic E-state index is 0.854. The van der Waals surface area contributed by atoms with Crippen LogP contribution in [0.2, 0.25) is 0 Å². The first-order chi connectivity index (χ1) is 6.15. The summed E-state index contributed by atoms with van der Waals surface area (Å²) in [6.45, 7) is 11.1. The monoisotopic (exact) mass is 178 g/mol. The number of rotatable bonds is 4. The van der Waals surface area contributed by atoms with Crippen molar-refractivity contribution in [2.45, 2.75) is 27.2 Å². The molecule has 0 spiro atoms. The van der Waals surface area contributed by atoms with Crippen molar-refractivity contribution in [3.8, 4) is 0 Å². The van der Waals surface area contributed by atoms with E-state index in [1.54, 1.807) is 0 Å². The van der Waals surface area contributed by atoms with Gasteiger partial charge in [-0.05, 0) is 32.4 Å². The molecule has 2 nitrogen and oxygen atoms in total. The second-order valence-electron chi connectivity index (χ2n) is 3.39. The van der Waals surface area contributed by atoms with Gasteiger partial charge in [-0.25, -0.2) is 0 Å². The SMILES string of the molecule is C=C(CC)CNn1c(C)ccc1C. The molecule has 0 fully saturated rings. The van der Waals surface area contributed by atoms with E-state index in [1.165, 1.54) is 17.0 Å². The van der Waals surface area contributed by atoms with Crippen molar-refractivity contribution in [3.05, 3.63) is 35.7 Å². The summed E-state index contributed by atoms with van der Waals surface area (Å²) in [5, 5.41) is 0. The fraction of sp³-hybridized carbons (Fsp3) is 0.455. The highest BCUT2D eigenvalue weighted by atomic mass is 15.4. The van der Waals surface area contributed by atoms with E-state index in [1.807, 2.05) is 0 Å². The molecular weight excluding hydrogens is 160 g/mol. The Balaban J connectivity index is 2.58. The zero-order chi connectivity index (χ0) is 9.84. The predicted octanol–water partition coefficient (Wildman–Crippen LogP) is 2.61. The Labute approximate surface area is 80.2 Å². The molecular formula is C11H18N2. The first-order valence-corrected chi connectivity index (χ1v) is 4.70. The number of hydrogen-bond donors (Lipinski definition) is 1. The van der Waals surface area contributed by atoms with E-state index < -0.39 is 0 Å². The Hall–Kier alpha value is -1.18. The van der Waals surface area contributed by atoms with E-state index in [2.05, 4.69) is 49.6 Å². The number of aromatic nitrogens is 1. The molecule has 0 aliphatic carbocycles. The third kappa shape index (κ3) is 2.38. The summed E-state index contributed by atoms with van der Waals surface area (Å²) in [4.78, 5) is 0. The third-order valence-corrected chi connectivity index (χ3v) is 2.26. The van der Waals surface area contributed by atoms with Crippen LogP contribution in [0.1, 0.15) is 24.7 Å². The van der Waals surface area contributed by atoms with Gasteiger partial charge in [0.25, 0.3) is 0 Å². The van der Waals surface area contributed by atoms with Crippen LogP contribution in [0.5, 0.6) is 0 Å². The zero-order valence-electron chi connectivity index (χ0n) is 8.72. The third-order valence-electron chi connectivity index (χ3n) is 2.26. The summed E-state index contributed by atoms with van der Waals surface area (Å²) in [7, 11) is 0. The van der Waals surface area contributed by atoms with Gasteiger partial charge in [-0.3, -0.25) is 4.68 Å². The van der Waals surface area contributed by atoms with Gasteiger partial charge in [0.15, 0.2) is 0 Å². The number of aryl methyl sites for hydroxylation is 2. The van der Waals surface area contributed by atoms with Crippen LogP contribution >= 0.6 is 0 Å². The summed E-state index contributed by atoms with van der Waals surface area (Å²) in [5.74, 6) is 0. The molecule has 1 rings (SSSR count). The van der Waals surface area contributed by atoms with Crippen LogP contribution in [0, 0.1) is 13.8 Å². The van der Waals surface area contributed by atoms with Crippen molar-refractivity contribution < 1.29 is 0 Å². The maximum absolute atomic E-state index is 3.96. The van der Waals surface area contributed by atoms with Crippen molar-refractivity contribution in [1.29, 1.82) is 0 Å². The predicted molar refractivity (Wildman–Crippen MR) is 57.6 cm³/mol. The zero-order valence-corrected chi connectivity index (χ0v) is 8.72. The fourth-order valence-electron chi connectivity index (χ4n) is 1.23. The number of nitrogens with zero attached hydrogens (tertiary/aromatic N) is 1. The highest BCUT2D eigenvalue weighted by Crippen LogP contribution is 2.04. The van der Waals surface area contributed by atoms with Crippen LogP contribution in [-0.4, -0.2) is 11.2 Å². The lowest BCUT2D eigenvalue weighted by molar-refractivity contribution is 0.808. The van der Waals surface area contributed by atoms with E-state index in [0.29, 0.717) is 0 Å². The molecule has 1 N–H and O–H groups in total. The van der Waals surface area contributed by atoms with Crippen molar-refractivity contribution in [2.24, 2.45) is 0 Å². The minimum Gasteiger partial charge on any atom is -0.322 e. The Morgan fingerprint density at radius 2 is 1.92 bits per heavy atom. The van der Waals surface area contributed by atoms with Crippen LogP contribution in [-0.2, 0) is 0 Å². The molecule has 0 saturated heterocycles. The van der Waals surface area contributed by atoms with Gasteiger partial charge in [-0.2, -0.15) is 0 Å². The van der Waals surface area contributed by atoms with Crippen LogP contribution in [0.4, 0.5) is 0 Å². The van der Waals surface area contributed by atoms with Crippen LogP contribution in [0.25, 0.3) is 0 Å². The molecule has 0 aliphatic rings. The summed E-state index contributed by atoms with van der Waals surface area (Å²) in [6, 6.07) is 4.22. The Morgan fingerprint density at radius 3 is 2.38 bits per heavy atom. The first-order valence-electron chi connectivity index (χ1n) is 4.70. The van der Waals surface area contributed by atoms with Gasteiger partial charge in [-0.15, -0.1) is 0 Å². The minimum atomic E-state index is 0.854. The average molecular weight is 178 g/mol. The van der Waals surface area contributed by atoms with Crippen molar-refractivity contribution in [2.75, 3.05) is 12.0 Å². The van der Waals surface area contributed by atoms with Crippen molar-refractivity contribution >= 4 is 0 Å². The van der Waals surface area contributed by atoms with Crippen molar-refractivity contribution in [1.82, 2.24) is 4.68 Å². The Morgan fingerprint density at radius 1 is 1.38 bits per heavy atom. The molecule has 1 heterocycles. The van der Waals surface area contributed by atoms with E-state index in [-0.39, 0.29) is 0 Å². The van der Waals surface area contributed by atoms with Gasteiger partial charge in [0.05, 0.1) is 6.54 Å². The van der Waals surface area contributed by atoms with Gasteiger partial charge in [0.1, 0.15) is 0 Å². The van der Waals surface area contributed by atoms with E-state index in [4.69, 9.17) is 0 Å². The molecule has 0 aliphatic heterocycles.